The standard InChI is InChI=1S/C18H13Cl2NO3/c1-2-24-14-9-3-11(4-10-14)15-16(20)18(23)21(17(15)22)13-7-5-12(19)6-8-13/h3-10H,2H2,1H3. The highest BCUT2D eigenvalue weighted by Gasteiger charge is 2.39. The van der Waals surface area contributed by atoms with E-state index in [-0.39, 0.29) is 10.6 Å². The molecule has 1 heterocycles. The van der Waals surface area contributed by atoms with Gasteiger partial charge in [-0.15, -0.1) is 0 Å². The zero-order valence-electron chi connectivity index (χ0n) is 12.8. The fourth-order valence-electron chi connectivity index (χ4n) is 2.46. The van der Waals surface area contributed by atoms with Crippen LogP contribution >= 0.6 is 23.2 Å². The Morgan fingerprint density at radius 2 is 1.54 bits per heavy atom. The zero-order chi connectivity index (χ0) is 17.3. The average molecular weight is 362 g/mol. The maximum absolute atomic E-state index is 12.7. The summed E-state index contributed by atoms with van der Waals surface area (Å²) < 4.78 is 5.38. The second-order valence-corrected chi connectivity index (χ2v) is 5.88. The highest BCUT2D eigenvalue weighted by Crippen LogP contribution is 2.35. The summed E-state index contributed by atoms with van der Waals surface area (Å²) in [6, 6.07) is 13.3. The molecule has 4 nitrogen and oxygen atoms in total. The molecule has 1 aliphatic heterocycles. The number of imide groups is 1. The van der Waals surface area contributed by atoms with E-state index < -0.39 is 11.8 Å². The Labute approximate surface area is 149 Å². The van der Waals surface area contributed by atoms with Crippen molar-refractivity contribution in [3.63, 3.8) is 0 Å². The molecule has 0 bridgehead atoms. The van der Waals surface area contributed by atoms with E-state index in [1.807, 2.05) is 6.92 Å². The number of anilines is 1. The van der Waals surface area contributed by atoms with Crippen LogP contribution in [0.3, 0.4) is 0 Å². The second-order valence-electron chi connectivity index (χ2n) is 5.07. The molecule has 0 fully saturated rings. The number of rotatable bonds is 4. The van der Waals surface area contributed by atoms with Crippen LogP contribution in [0, 0.1) is 0 Å². The van der Waals surface area contributed by atoms with E-state index in [4.69, 9.17) is 27.9 Å². The van der Waals surface area contributed by atoms with Crippen molar-refractivity contribution in [1.29, 1.82) is 0 Å². The van der Waals surface area contributed by atoms with Crippen LogP contribution in [0.15, 0.2) is 53.6 Å². The van der Waals surface area contributed by atoms with Crippen LogP contribution in [0.4, 0.5) is 5.69 Å². The van der Waals surface area contributed by atoms with E-state index in [2.05, 4.69) is 0 Å². The first-order chi connectivity index (χ1) is 11.5. The summed E-state index contributed by atoms with van der Waals surface area (Å²) in [7, 11) is 0. The number of halogens is 2. The average Bonchev–Trinajstić information content (AvgIpc) is 2.80. The van der Waals surface area contributed by atoms with Crippen LogP contribution in [0.1, 0.15) is 12.5 Å². The molecule has 24 heavy (non-hydrogen) atoms. The molecule has 0 aliphatic carbocycles. The first-order valence-corrected chi connectivity index (χ1v) is 8.06. The minimum atomic E-state index is -0.548. The van der Waals surface area contributed by atoms with Crippen molar-refractivity contribution in [1.82, 2.24) is 0 Å². The molecule has 0 spiro atoms. The zero-order valence-corrected chi connectivity index (χ0v) is 14.3. The van der Waals surface area contributed by atoms with E-state index in [0.29, 0.717) is 28.6 Å². The van der Waals surface area contributed by atoms with Gasteiger partial charge in [-0.05, 0) is 48.9 Å². The van der Waals surface area contributed by atoms with Crippen molar-refractivity contribution >= 4 is 46.3 Å². The predicted octanol–water partition coefficient (Wildman–Crippen LogP) is 4.26. The van der Waals surface area contributed by atoms with Gasteiger partial charge in [-0.25, -0.2) is 4.90 Å². The van der Waals surface area contributed by atoms with Crippen LogP contribution in [-0.4, -0.2) is 18.4 Å². The Morgan fingerprint density at radius 1 is 0.917 bits per heavy atom. The maximum Gasteiger partial charge on any atom is 0.277 e. The Bertz CT molecular complexity index is 826. The van der Waals surface area contributed by atoms with E-state index >= 15 is 0 Å². The summed E-state index contributed by atoms with van der Waals surface area (Å²) in [5.41, 5.74) is 1.17. The van der Waals surface area contributed by atoms with Crippen LogP contribution in [0.2, 0.25) is 5.02 Å². The minimum absolute atomic E-state index is 0.0980. The van der Waals surface area contributed by atoms with Crippen LogP contribution in [-0.2, 0) is 9.59 Å². The van der Waals surface area contributed by atoms with Gasteiger partial charge in [0.05, 0.1) is 17.9 Å². The normalized spacial score (nSPS) is 14.5. The number of ether oxygens (including phenoxy) is 1. The molecule has 0 saturated carbocycles. The van der Waals surface area contributed by atoms with Gasteiger partial charge in [-0.1, -0.05) is 35.3 Å². The summed E-state index contributed by atoms with van der Waals surface area (Å²) >= 11 is 12.0. The Kier molecular flexibility index (Phi) is 4.60. The van der Waals surface area contributed by atoms with Gasteiger partial charge >= 0.3 is 0 Å². The summed E-state index contributed by atoms with van der Waals surface area (Å²) in [5, 5.41) is 0.419. The van der Waals surface area contributed by atoms with Gasteiger partial charge in [0.1, 0.15) is 10.8 Å². The Hall–Kier alpha value is -2.30. The summed E-state index contributed by atoms with van der Waals surface area (Å²) in [6.07, 6.45) is 0. The van der Waals surface area contributed by atoms with E-state index in [9.17, 15) is 9.59 Å². The molecular weight excluding hydrogens is 349 g/mol. The maximum atomic E-state index is 12.7. The van der Waals surface area contributed by atoms with Gasteiger partial charge in [0.2, 0.25) is 0 Å². The summed E-state index contributed by atoms with van der Waals surface area (Å²) in [4.78, 5) is 26.2. The molecule has 0 N–H and O–H groups in total. The van der Waals surface area contributed by atoms with E-state index in [0.717, 1.165) is 4.90 Å². The van der Waals surface area contributed by atoms with Gasteiger partial charge in [0, 0.05) is 5.02 Å². The Balaban J connectivity index is 1.95. The predicted molar refractivity (Wildman–Crippen MR) is 94.3 cm³/mol. The monoisotopic (exact) mass is 361 g/mol. The summed E-state index contributed by atoms with van der Waals surface area (Å²) in [5.74, 6) is -0.325. The van der Waals surface area contributed by atoms with Gasteiger partial charge < -0.3 is 4.74 Å². The molecule has 1 aliphatic rings. The molecular formula is C18H13Cl2NO3. The minimum Gasteiger partial charge on any atom is -0.494 e. The topological polar surface area (TPSA) is 46.6 Å². The second kappa shape index (κ2) is 6.67. The van der Waals surface area contributed by atoms with Gasteiger partial charge in [-0.3, -0.25) is 9.59 Å². The molecule has 0 unspecified atom stereocenters. The number of amides is 2. The first kappa shape index (κ1) is 16.6. The lowest BCUT2D eigenvalue weighted by atomic mass is 10.1. The number of benzene rings is 2. The number of carbonyl (C=O) groups excluding carboxylic acids is 2. The lowest BCUT2D eigenvalue weighted by Gasteiger charge is -2.15. The molecule has 0 aromatic heterocycles. The molecule has 0 radical (unpaired) electrons. The third kappa shape index (κ3) is 2.90. The van der Waals surface area contributed by atoms with Crippen molar-refractivity contribution < 1.29 is 14.3 Å². The highest BCUT2D eigenvalue weighted by atomic mass is 35.5. The lowest BCUT2D eigenvalue weighted by Crippen LogP contribution is -2.31. The van der Waals surface area contributed by atoms with Crippen molar-refractivity contribution in [2.45, 2.75) is 6.92 Å². The quantitative estimate of drug-likeness (QED) is 0.764. The van der Waals surface area contributed by atoms with Crippen LogP contribution < -0.4 is 9.64 Å². The molecule has 2 aromatic rings. The molecule has 122 valence electrons. The van der Waals surface area contributed by atoms with E-state index in [1.165, 1.54) is 0 Å². The fourth-order valence-corrected chi connectivity index (χ4v) is 2.86. The van der Waals surface area contributed by atoms with E-state index in [1.54, 1.807) is 48.5 Å². The number of hydrogen-bond acceptors (Lipinski definition) is 3. The number of hydrogen-bond donors (Lipinski definition) is 0. The third-order valence-corrected chi connectivity index (χ3v) is 4.17. The van der Waals surface area contributed by atoms with Gasteiger partial charge in [0.25, 0.3) is 11.8 Å². The molecule has 2 aromatic carbocycles. The summed E-state index contributed by atoms with van der Waals surface area (Å²) in [6.45, 7) is 2.43. The lowest BCUT2D eigenvalue weighted by molar-refractivity contribution is -0.119. The fraction of sp³-hybridized carbons (Fsp3) is 0.111. The van der Waals surface area contributed by atoms with Crippen molar-refractivity contribution in [3.8, 4) is 5.75 Å². The van der Waals surface area contributed by atoms with Gasteiger partial charge in [0.15, 0.2) is 0 Å². The first-order valence-electron chi connectivity index (χ1n) is 7.30. The van der Waals surface area contributed by atoms with Crippen molar-refractivity contribution in [3.05, 3.63) is 64.1 Å². The number of carbonyl (C=O) groups is 2. The molecule has 0 atom stereocenters. The Morgan fingerprint density at radius 3 is 2.12 bits per heavy atom. The van der Waals surface area contributed by atoms with Crippen LogP contribution in [0.25, 0.3) is 5.57 Å². The molecule has 0 saturated heterocycles. The molecule has 6 heteroatoms. The largest absolute Gasteiger partial charge is 0.494 e. The van der Waals surface area contributed by atoms with Crippen molar-refractivity contribution in [2.24, 2.45) is 0 Å². The van der Waals surface area contributed by atoms with Crippen LogP contribution in [0.5, 0.6) is 5.75 Å². The van der Waals surface area contributed by atoms with Gasteiger partial charge in [-0.2, -0.15) is 0 Å². The molecule has 3 rings (SSSR count). The SMILES string of the molecule is CCOc1ccc(C2=C(Cl)C(=O)N(c3ccc(Cl)cc3)C2=O)cc1. The third-order valence-electron chi connectivity index (χ3n) is 3.57. The highest BCUT2D eigenvalue weighted by molar-refractivity contribution is 6.60. The smallest absolute Gasteiger partial charge is 0.277 e. The number of nitrogens with zero attached hydrogens (tertiary/aromatic N) is 1. The van der Waals surface area contributed by atoms with Crippen molar-refractivity contribution in [2.75, 3.05) is 11.5 Å². The molecule has 2 amide bonds.